The van der Waals surface area contributed by atoms with Gasteiger partial charge in [0.2, 0.25) is 0 Å². The van der Waals surface area contributed by atoms with Crippen LogP contribution in [0.3, 0.4) is 0 Å². The number of para-hydroxylation sites is 1. The van der Waals surface area contributed by atoms with Gasteiger partial charge in [-0.05, 0) is 31.2 Å². The van der Waals surface area contributed by atoms with Crippen molar-refractivity contribution >= 4 is 33.0 Å². The van der Waals surface area contributed by atoms with Crippen LogP contribution in [-0.2, 0) is 0 Å². The Kier molecular flexibility index (Phi) is 3.62. The molecule has 3 aromatic rings. The third-order valence-corrected chi connectivity index (χ3v) is 4.02. The molecule has 0 amide bonds. The number of hydrogen-bond donors (Lipinski definition) is 1. The van der Waals surface area contributed by atoms with Gasteiger partial charge in [0, 0.05) is 6.07 Å². The minimum atomic E-state index is -0.684. The summed E-state index contributed by atoms with van der Waals surface area (Å²) in [6.45, 7) is 1.78. The average Bonchev–Trinajstić information content (AvgIpc) is 2.90. The molecule has 106 valence electrons. The van der Waals surface area contributed by atoms with Crippen LogP contribution >= 0.6 is 11.3 Å². The number of nitrogens with one attached hydrogen (secondary N) is 1. The van der Waals surface area contributed by atoms with Crippen molar-refractivity contribution in [3.63, 3.8) is 0 Å². The summed E-state index contributed by atoms with van der Waals surface area (Å²) in [5.41, 5.74) is 4.26. The fraction of sp³-hybridized carbons (Fsp3) is 0.0667. The number of hydrazone groups is 1. The van der Waals surface area contributed by atoms with Crippen LogP contribution in [0.15, 0.2) is 47.6 Å². The molecular weight excluding hydrogens is 292 g/mol. The third-order valence-electron chi connectivity index (χ3n) is 2.88. The maximum atomic E-state index is 13.5. The second-order valence-electron chi connectivity index (χ2n) is 4.42. The van der Waals surface area contributed by atoms with Crippen molar-refractivity contribution in [1.82, 2.24) is 4.98 Å². The molecule has 3 nitrogen and oxygen atoms in total. The molecule has 0 aliphatic carbocycles. The molecule has 0 aliphatic heterocycles. The van der Waals surface area contributed by atoms with Gasteiger partial charge in [0.25, 0.3) is 0 Å². The van der Waals surface area contributed by atoms with Crippen LogP contribution in [0.1, 0.15) is 11.9 Å². The zero-order valence-corrected chi connectivity index (χ0v) is 11.9. The van der Waals surface area contributed by atoms with E-state index in [0.29, 0.717) is 5.71 Å². The van der Waals surface area contributed by atoms with Crippen LogP contribution in [0.5, 0.6) is 0 Å². The van der Waals surface area contributed by atoms with Crippen LogP contribution in [0, 0.1) is 11.6 Å². The highest BCUT2D eigenvalue weighted by molar-refractivity contribution is 7.20. The van der Waals surface area contributed by atoms with Crippen LogP contribution in [0.4, 0.5) is 14.5 Å². The van der Waals surface area contributed by atoms with E-state index in [9.17, 15) is 8.78 Å². The molecule has 3 rings (SSSR count). The van der Waals surface area contributed by atoms with Crippen molar-refractivity contribution in [3.8, 4) is 0 Å². The molecule has 0 bridgehead atoms. The predicted octanol–water partition coefficient (Wildman–Crippen LogP) is 4.41. The highest BCUT2D eigenvalue weighted by atomic mass is 32.1. The Bertz CT molecular complexity index is 794. The topological polar surface area (TPSA) is 37.3 Å². The molecule has 0 radical (unpaired) electrons. The summed E-state index contributed by atoms with van der Waals surface area (Å²) in [6, 6.07) is 11.1. The molecule has 1 aromatic heterocycles. The van der Waals surface area contributed by atoms with Gasteiger partial charge in [-0.15, -0.1) is 11.3 Å². The van der Waals surface area contributed by atoms with Crippen LogP contribution in [0.2, 0.25) is 0 Å². The molecule has 1 heterocycles. The molecule has 6 heteroatoms. The molecule has 0 saturated heterocycles. The summed E-state index contributed by atoms with van der Waals surface area (Å²) in [4.78, 5) is 4.46. The lowest BCUT2D eigenvalue weighted by Crippen LogP contribution is -2.00. The maximum Gasteiger partial charge on any atom is 0.151 e. The van der Waals surface area contributed by atoms with Gasteiger partial charge < -0.3 is 0 Å². The molecule has 0 aliphatic rings. The highest BCUT2D eigenvalue weighted by Gasteiger charge is 2.07. The molecule has 2 aromatic carbocycles. The molecule has 0 spiro atoms. The first kappa shape index (κ1) is 13.6. The summed E-state index contributed by atoms with van der Waals surface area (Å²) in [5.74, 6) is -1.30. The number of thiazole rings is 1. The number of rotatable bonds is 3. The van der Waals surface area contributed by atoms with E-state index in [1.165, 1.54) is 23.5 Å². The Morgan fingerprint density at radius 3 is 2.76 bits per heavy atom. The van der Waals surface area contributed by atoms with Crippen molar-refractivity contribution in [2.75, 3.05) is 5.43 Å². The van der Waals surface area contributed by atoms with E-state index in [0.717, 1.165) is 21.3 Å². The van der Waals surface area contributed by atoms with E-state index in [1.807, 2.05) is 24.3 Å². The monoisotopic (exact) mass is 303 g/mol. The van der Waals surface area contributed by atoms with Gasteiger partial charge >= 0.3 is 0 Å². The van der Waals surface area contributed by atoms with E-state index in [2.05, 4.69) is 15.5 Å². The van der Waals surface area contributed by atoms with E-state index >= 15 is 0 Å². The summed E-state index contributed by atoms with van der Waals surface area (Å²) < 4.78 is 27.4. The summed E-state index contributed by atoms with van der Waals surface area (Å²) >= 11 is 1.51. The van der Waals surface area contributed by atoms with E-state index in [-0.39, 0.29) is 5.69 Å². The van der Waals surface area contributed by atoms with Crippen LogP contribution in [0.25, 0.3) is 10.2 Å². The van der Waals surface area contributed by atoms with E-state index in [4.69, 9.17) is 0 Å². The second kappa shape index (κ2) is 5.57. The Hall–Kier alpha value is -2.34. The Balaban J connectivity index is 1.85. The normalized spacial score (nSPS) is 11.9. The molecule has 0 fully saturated rings. The zero-order chi connectivity index (χ0) is 14.8. The summed E-state index contributed by atoms with van der Waals surface area (Å²) in [7, 11) is 0. The summed E-state index contributed by atoms with van der Waals surface area (Å²) in [5, 5.41) is 4.86. The standard InChI is InChI=1S/C15H11F2N3S/c1-9(15-18-13-4-2-3-5-14(13)21-15)19-20-12-7-6-10(16)8-11(12)17/h2-8,20H,1H3/b19-9-. The lowest BCUT2D eigenvalue weighted by atomic mass is 10.3. The van der Waals surface area contributed by atoms with Gasteiger partial charge in [-0.3, -0.25) is 5.43 Å². The van der Waals surface area contributed by atoms with Crippen molar-refractivity contribution in [2.45, 2.75) is 6.92 Å². The first-order valence-electron chi connectivity index (χ1n) is 6.25. The zero-order valence-electron chi connectivity index (χ0n) is 11.1. The molecule has 21 heavy (non-hydrogen) atoms. The molecule has 0 saturated carbocycles. The average molecular weight is 303 g/mol. The third kappa shape index (κ3) is 2.90. The first-order chi connectivity index (χ1) is 10.1. The summed E-state index contributed by atoms with van der Waals surface area (Å²) in [6.07, 6.45) is 0. The van der Waals surface area contributed by atoms with Crippen LogP contribution < -0.4 is 5.43 Å². The minimum absolute atomic E-state index is 0.122. The van der Waals surface area contributed by atoms with Gasteiger partial charge in [-0.2, -0.15) is 5.10 Å². The quantitative estimate of drug-likeness (QED) is 0.575. The molecule has 0 unspecified atom stereocenters. The van der Waals surface area contributed by atoms with Crippen molar-refractivity contribution in [3.05, 3.63) is 59.1 Å². The number of anilines is 1. The fourth-order valence-corrected chi connectivity index (χ4v) is 2.71. The van der Waals surface area contributed by atoms with Gasteiger partial charge in [0.1, 0.15) is 10.8 Å². The number of benzene rings is 2. The molecule has 1 N–H and O–H groups in total. The smallest absolute Gasteiger partial charge is 0.151 e. The lowest BCUT2D eigenvalue weighted by molar-refractivity contribution is 0.585. The number of nitrogens with zero attached hydrogens (tertiary/aromatic N) is 2. The number of aromatic nitrogens is 1. The number of hydrogen-bond acceptors (Lipinski definition) is 4. The van der Waals surface area contributed by atoms with Crippen molar-refractivity contribution in [1.29, 1.82) is 0 Å². The highest BCUT2D eigenvalue weighted by Crippen LogP contribution is 2.22. The minimum Gasteiger partial charge on any atom is -0.275 e. The lowest BCUT2D eigenvalue weighted by Gasteiger charge is -2.03. The molecule has 0 atom stereocenters. The fourth-order valence-electron chi connectivity index (χ4n) is 1.80. The van der Waals surface area contributed by atoms with E-state index in [1.54, 1.807) is 6.92 Å². The van der Waals surface area contributed by atoms with E-state index < -0.39 is 11.6 Å². The predicted molar refractivity (Wildman–Crippen MR) is 81.8 cm³/mol. The largest absolute Gasteiger partial charge is 0.275 e. The molecular formula is C15H11F2N3S. The first-order valence-corrected chi connectivity index (χ1v) is 7.06. The van der Waals surface area contributed by atoms with Gasteiger partial charge in [-0.1, -0.05) is 12.1 Å². The Morgan fingerprint density at radius 2 is 2.00 bits per heavy atom. The van der Waals surface area contributed by atoms with Gasteiger partial charge in [0.15, 0.2) is 5.82 Å². The van der Waals surface area contributed by atoms with Gasteiger partial charge in [-0.25, -0.2) is 13.8 Å². The Morgan fingerprint density at radius 1 is 1.19 bits per heavy atom. The SMILES string of the molecule is C/C(=N/Nc1ccc(F)cc1F)c1nc2ccccc2s1. The number of halogens is 2. The van der Waals surface area contributed by atoms with Crippen molar-refractivity contribution in [2.24, 2.45) is 5.10 Å². The maximum absolute atomic E-state index is 13.5. The van der Waals surface area contributed by atoms with Crippen LogP contribution in [-0.4, -0.2) is 10.7 Å². The van der Waals surface area contributed by atoms with Crippen molar-refractivity contribution < 1.29 is 8.78 Å². The second-order valence-corrected chi connectivity index (χ2v) is 5.45. The van der Waals surface area contributed by atoms with Gasteiger partial charge in [0.05, 0.1) is 21.6 Å². The Labute approximate surface area is 124 Å². The number of fused-ring (bicyclic) bond motifs is 1.